The number of hydrogen-bond donors (Lipinski definition) is 1. The van der Waals surface area contributed by atoms with Crippen molar-refractivity contribution < 1.29 is 24.0 Å². The van der Waals surface area contributed by atoms with Gasteiger partial charge in [-0.2, -0.15) is 0 Å². The number of nitro groups is 1. The molecule has 8 nitrogen and oxygen atoms in total. The SMILES string of the molecule is O=C(CNC(=O)C(c1ccccc1)c1ccccc1)O[C@H](C(=O)c1ccccc1)c1ccc([N+](=O)[O-])cc1. The Balaban J connectivity index is 1.51. The number of non-ortho nitro benzene ring substituents is 1. The molecule has 0 unspecified atom stereocenters. The van der Waals surface area contributed by atoms with E-state index in [4.69, 9.17) is 4.74 Å². The Labute approximate surface area is 219 Å². The first-order chi connectivity index (χ1) is 18.4. The Kier molecular flexibility index (Phi) is 8.35. The lowest BCUT2D eigenvalue weighted by molar-refractivity contribution is -0.384. The van der Waals surface area contributed by atoms with E-state index in [2.05, 4.69) is 5.32 Å². The van der Waals surface area contributed by atoms with Crippen LogP contribution in [-0.2, 0) is 14.3 Å². The van der Waals surface area contributed by atoms with Crippen molar-refractivity contribution in [2.75, 3.05) is 6.54 Å². The van der Waals surface area contributed by atoms with Gasteiger partial charge in [0.25, 0.3) is 5.69 Å². The maximum absolute atomic E-state index is 13.2. The summed E-state index contributed by atoms with van der Waals surface area (Å²) in [6, 6.07) is 31.8. The van der Waals surface area contributed by atoms with Crippen molar-refractivity contribution >= 4 is 23.3 Å². The van der Waals surface area contributed by atoms with E-state index in [1.165, 1.54) is 24.3 Å². The number of carbonyl (C=O) groups is 3. The molecule has 4 aromatic rings. The number of esters is 1. The third-order valence-corrected chi connectivity index (χ3v) is 5.89. The molecule has 8 heteroatoms. The Morgan fingerprint density at radius 1 is 0.711 bits per heavy atom. The van der Waals surface area contributed by atoms with E-state index in [9.17, 15) is 24.5 Å². The summed E-state index contributed by atoms with van der Waals surface area (Å²) in [6.07, 6.45) is -1.35. The van der Waals surface area contributed by atoms with E-state index in [0.29, 0.717) is 5.56 Å². The van der Waals surface area contributed by atoms with Crippen LogP contribution in [0.2, 0.25) is 0 Å². The van der Waals surface area contributed by atoms with E-state index in [0.717, 1.165) is 11.1 Å². The van der Waals surface area contributed by atoms with Gasteiger partial charge in [0.15, 0.2) is 6.10 Å². The van der Waals surface area contributed by atoms with Crippen molar-refractivity contribution in [2.24, 2.45) is 0 Å². The zero-order valence-corrected chi connectivity index (χ0v) is 20.2. The number of rotatable bonds is 10. The highest BCUT2D eigenvalue weighted by Gasteiger charge is 2.28. The highest BCUT2D eigenvalue weighted by molar-refractivity contribution is 6.01. The Hall–Kier alpha value is -5.11. The smallest absolute Gasteiger partial charge is 0.326 e. The minimum Gasteiger partial charge on any atom is -0.448 e. The van der Waals surface area contributed by atoms with Crippen LogP contribution in [0.15, 0.2) is 115 Å². The van der Waals surface area contributed by atoms with Crippen molar-refractivity contribution in [1.29, 1.82) is 0 Å². The molecule has 0 spiro atoms. The van der Waals surface area contributed by atoms with Crippen LogP contribution < -0.4 is 5.32 Å². The highest BCUT2D eigenvalue weighted by atomic mass is 16.6. The number of ether oxygens (including phenoxy) is 1. The molecule has 4 rings (SSSR count). The lowest BCUT2D eigenvalue weighted by Crippen LogP contribution is -2.36. The fourth-order valence-corrected chi connectivity index (χ4v) is 4.02. The average Bonchev–Trinajstić information content (AvgIpc) is 2.96. The molecule has 0 aliphatic heterocycles. The van der Waals surface area contributed by atoms with Crippen LogP contribution in [0.1, 0.15) is 39.1 Å². The molecule has 0 aromatic heterocycles. The summed E-state index contributed by atoms with van der Waals surface area (Å²) >= 11 is 0. The Morgan fingerprint density at radius 3 is 1.71 bits per heavy atom. The molecule has 0 fully saturated rings. The second kappa shape index (κ2) is 12.2. The summed E-state index contributed by atoms with van der Waals surface area (Å²) in [5, 5.41) is 13.7. The number of nitrogens with zero attached hydrogens (tertiary/aromatic N) is 1. The van der Waals surface area contributed by atoms with Crippen LogP contribution in [-0.4, -0.2) is 29.1 Å². The summed E-state index contributed by atoms with van der Waals surface area (Å²) in [7, 11) is 0. The molecule has 1 N–H and O–H groups in total. The number of nitro benzene ring substituents is 1. The highest BCUT2D eigenvalue weighted by Crippen LogP contribution is 2.26. The molecule has 190 valence electrons. The van der Waals surface area contributed by atoms with Crippen LogP contribution in [0.25, 0.3) is 0 Å². The molecule has 38 heavy (non-hydrogen) atoms. The molecule has 0 saturated carbocycles. The van der Waals surface area contributed by atoms with E-state index < -0.39 is 41.1 Å². The van der Waals surface area contributed by atoms with Gasteiger partial charge in [0.1, 0.15) is 6.54 Å². The van der Waals surface area contributed by atoms with Gasteiger partial charge in [-0.05, 0) is 23.3 Å². The van der Waals surface area contributed by atoms with Gasteiger partial charge in [0.05, 0.1) is 10.8 Å². The summed E-state index contributed by atoms with van der Waals surface area (Å²) in [5.74, 6) is -2.38. The summed E-state index contributed by atoms with van der Waals surface area (Å²) < 4.78 is 5.52. The second-order valence-electron chi connectivity index (χ2n) is 8.42. The van der Waals surface area contributed by atoms with Gasteiger partial charge in [-0.15, -0.1) is 0 Å². The zero-order chi connectivity index (χ0) is 26.9. The van der Waals surface area contributed by atoms with Gasteiger partial charge in [0.2, 0.25) is 11.7 Å². The molecule has 0 radical (unpaired) electrons. The third kappa shape index (κ3) is 6.36. The number of amides is 1. The first-order valence-corrected chi connectivity index (χ1v) is 11.8. The third-order valence-electron chi connectivity index (χ3n) is 5.89. The summed E-state index contributed by atoms with van der Waals surface area (Å²) in [6.45, 7) is -0.472. The number of Topliss-reactive ketones (excluding diaryl/α,β-unsaturated/α-hetero) is 1. The van der Waals surface area contributed by atoms with E-state index in [-0.39, 0.29) is 11.3 Å². The van der Waals surface area contributed by atoms with Crippen LogP contribution in [0.5, 0.6) is 0 Å². The Morgan fingerprint density at radius 2 is 1.21 bits per heavy atom. The minimum atomic E-state index is -1.35. The van der Waals surface area contributed by atoms with Crippen LogP contribution in [0.3, 0.4) is 0 Å². The monoisotopic (exact) mass is 508 g/mol. The van der Waals surface area contributed by atoms with Crippen LogP contribution >= 0.6 is 0 Å². The fourth-order valence-electron chi connectivity index (χ4n) is 4.02. The maximum Gasteiger partial charge on any atom is 0.326 e. The first kappa shape index (κ1) is 26.0. The molecule has 0 saturated heterocycles. The molecular formula is C30H24N2O6. The molecule has 1 amide bonds. The number of nitrogens with one attached hydrogen (secondary N) is 1. The van der Waals surface area contributed by atoms with E-state index in [1.807, 2.05) is 60.7 Å². The molecule has 0 heterocycles. The lowest BCUT2D eigenvalue weighted by atomic mass is 9.90. The first-order valence-electron chi connectivity index (χ1n) is 11.8. The predicted octanol–water partition coefficient (Wildman–Crippen LogP) is 5.01. The minimum absolute atomic E-state index is 0.161. The van der Waals surface area contributed by atoms with Crippen molar-refractivity contribution in [3.05, 3.63) is 148 Å². The molecule has 4 aromatic carbocycles. The van der Waals surface area contributed by atoms with Gasteiger partial charge < -0.3 is 10.1 Å². The molecule has 0 aliphatic rings. The fraction of sp³-hybridized carbons (Fsp3) is 0.100. The number of benzene rings is 4. The van der Waals surface area contributed by atoms with E-state index in [1.54, 1.807) is 30.3 Å². The van der Waals surface area contributed by atoms with Gasteiger partial charge in [-0.1, -0.05) is 91.0 Å². The van der Waals surface area contributed by atoms with Crippen molar-refractivity contribution in [2.45, 2.75) is 12.0 Å². The number of hydrogen-bond acceptors (Lipinski definition) is 6. The topological polar surface area (TPSA) is 116 Å². The standard InChI is InChI=1S/C30H24N2O6/c33-26(20-31-30(35)27(21-10-4-1-5-11-21)22-12-6-2-7-13-22)38-29(28(34)23-14-8-3-9-15-23)24-16-18-25(19-17-24)32(36)37/h1-19,27,29H,20H2,(H,31,35)/t29-/m0/s1. The summed E-state index contributed by atoms with van der Waals surface area (Å²) in [4.78, 5) is 49.7. The van der Waals surface area contributed by atoms with E-state index >= 15 is 0 Å². The number of carbonyl (C=O) groups excluding carboxylic acids is 3. The zero-order valence-electron chi connectivity index (χ0n) is 20.2. The van der Waals surface area contributed by atoms with Gasteiger partial charge in [-0.3, -0.25) is 24.5 Å². The van der Waals surface area contributed by atoms with Crippen molar-refractivity contribution in [1.82, 2.24) is 5.32 Å². The second-order valence-corrected chi connectivity index (χ2v) is 8.42. The molecular weight excluding hydrogens is 484 g/mol. The lowest BCUT2D eigenvalue weighted by Gasteiger charge is -2.20. The normalized spacial score (nSPS) is 11.4. The van der Waals surface area contributed by atoms with Crippen molar-refractivity contribution in [3.63, 3.8) is 0 Å². The van der Waals surface area contributed by atoms with Gasteiger partial charge >= 0.3 is 5.97 Å². The van der Waals surface area contributed by atoms with Gasteiger partial charge in [0, 0.05) is 23.3 Å². The molecule has 0 bridgehead atoms. The van der Waals surface area contributed by atoms with Crippen LogP contribution in [0.4, 0.5) is 5.69 Å². The molecule has 0 aliphatic carbocycles. The quantitative estimate of drug-likeness (QED) is 0.139. The maximum atomic E-state index is 13.2. The Bertz CT molecular complexity index is 1370. The average molecular weight is 509 g/mol. The largest absolute Gasteiger partial charge is 0.448 e. The van der Waals surface area contributed by atoms with Crippen LogP contribution in [0, 0.1) is 10.1 Å². The predicted molar refractivity (Wildman–Crippen MR) is 140 cm³/mol. The summed E-state index contributed by atoms with van der Waals surface area (Å²) in [5.41, 5.74) is 1.93. The van der Waals surface area contributed by atoms with Crippen molar-refractivity contribution in [3.8, 4) is 0 Å². The van der Waals surface area contributed by atoms with Gasteiger partial charge in [-0.25, -0.2) is 0 Å². The number of ketones is 1. The molecule has 1 atom stereocenters.